The molecule has 0 spiro atoms. The van der Waals surface area contributed by atoms with E-state index in [9.17, 15) is 8.42 Å². The summed E-state index contributed by atoms with van der Waals surface area (Å²) in [5.41, 5.74) is 0.854. The molecule has 0 aliphatic heterocycles. The average Bonchev–Trinajstić information content (AvgIpc) is 2.98. The first-order chi connectivity index (χ1) is 9.92. The topological polar surface area (TPSA) is 71.1 Å². The molecule has 2 aromatic heterocycles. The fourth-order valence-electron chi connectivity index (χ4n) is 1.67. The lowest BCUT2D eigenvalue weighted by Crippen LogP contribution is -2.13. The summed E-state index contributed by atoms with van der Waals surface area (Å²) in [6, 6.07) is 1.71. The highest BCUT2D eigenvalue weighted by molar-refractivity contribution is 7.93. The summed E-state index contributed by atoms with van der Waals surface area (Å²) in [7, 11) is -3.55. The van der Waals surface area contributed by atoms with Crippen molar-refractivity contribution in [1.29, 1.82) is 0 Å². The number of aryl methyl sites for hydroxylation is 2. The van der Waals surface area contributed by atoms with E-state index in [-0.39, 0.29) is 0 Å². The van der Waals surface area contributed by atoms with Crippen LogP contribution in [0.3, 0.4) is 0 Å². The summed E-state index contributed by atoms with van der Waals surface area (Å²) >= 11 is 2.80. The Hall–Kier alpha value is -0.960. The average molecular weight is 346 g/mol. The van der Waals surface area contributed by atoms with Crippen molar-refractivity contribution in [3.8, 4) is 0 Å². The van der Waals surface area contributed by atoms with Gasteiger partial charge in [0.05, 0.1) is 10.6 Å². The first-order valence-corrected chi connectivity index (χ1v) is 9.85. The Morgan fingerprint density at radius 3 is 2.71 bits per heavy atom. The van der Waals surface area contributed by atoms with Crippen LogP contribution < -0.4 is 10.0 Å². The number of thiophene rings is 1. The number of thiazole rings is 1. The third-order valence-corrected chi connectivity index (χ3v) is 6.44. The zero-order valence-electron chi connectivity index (χ0n) is 12.3. The highest BCUT2D eigenvalue weighted by Crippen LogP contribution is 2.26. The highest BCUT2D eigenvalue weighted by Gasteiger charge is 2.18. The molecule has 0 bridgehead atoms. The fourth-order valence-corrected chi connectivity index (χ4v) is 4.97. The third kappa shape index (κ3) is 4.26. The predicted molar refractivity (Wildman–Crippen MR) is 88.7 cm³/mol. The molecular formula is C13H19N3O2S3. The van der Waals surface area contributed by atoms with E-state index in [1.165, 1.54) is 22.7 Å². The molecule has 0 saturated carbocycles. The van der Waals surface area contributed by atoms with Gasteiger partial charge in [0, 0.05) is 21.7 Å². The van der Waals surface area contributed by atoms with Gasteiger partial charge in [0.2, 0.25) is 0 Å². The van der Waals surface area contributed by atoms with Gasteiger partial charge in [0.25, 0.3) is 10.0 Å². The van der Waals surface area contributed by atoms with E-state index >= 15 is 0 Å². The van der Waals surface area contributed by atoms with Crippen molar-refractivity contribution in [3.63, 3.8) is 0 Å². The molecule has 2 aromatic rings. The molecule has 0 aliphatic rings. The maximum atomic E-state index is 12.3. The molecule has 0 amide bonds. The number of nitrogens with one attached hydrogen (secondary N) is 2. The van der Waals surface area contributed by atoms with Gasteiger partial charge in [-0.05, 0) is 32.9 Å². The molecule has 2 N–H and O–H groups in total. The van der Waals surface area contributed by atoms with Crippen LogP contribution >= 0.6 is 22.7 Å². The van der Waals surface area contributed by atoms with Crippen molar-refractivity contribution in [2.24, 2.45) is 0 Å². The molecule has 0 radical (unpaired) electrons. The minimum atomic E-state index is -3.55. The molecule has 116 valence electrons. The standard InChI is InChI=1S/C13H19N3O2S3/c1-4-5-14-7-11-6-12(8-19-11)21(17,18)16-13-15-9(2)10(3)20-13/h6,8,14H,4-5,7H2,1-3H3,(H,15,16). The van der Waals surface area contributed by atoms with Crippen molar-refractivity contribution in [2.75, 3.05) is 11.3 Å². The van der Waals surface area contributed by atoms with Gasteiger partial charge in [-0.15, -0.1) is 22.7 Å². The van der Waals surface area contributed by atoms with Crippen molar-refractivity contribution < 1.29 is 8.42 Å². The van der Waals surface area contributed by atoms with Crippen LogP contribution in [-0.2, 0) is 16.6 Å². The zero-order chi connectivity index (χ0) is 15.5. The maximum absolute atomic E-state index is 12.3. The van der Waals surface area contributed by atoms with Gasteiger partial charge in [0.1, 0.15) is 0 Å². The Bertz CT molecular complexity index is 685. The van der Waals surface area contributed by atoms with E-state index in [0.717, 1.165) is 28.4 Å². The summed E-state index contributed by atoms with van der Waals surface area (Å²) in [6.45, 7) is 7.51. The summed E-state index contributed by atoms with van der Waals surface area (Å²) < 4.78 is 27.2. The predicted octanol–water partition coefficient (Wildman–Crippen LogP) is 3.12. The quantitative estimate of drug-likeness (QED) is 0.756. The van der Waals surface area contributed by atoms with Crippen LogP contribution in [0.4, 0.5) is 5.13 Å². The Kier molecular flexibility index (Phi) is 5.37. The molecule has 0 saturated heterocycles. The molecule has 8 heteroatoms. The second-order valence-corrected chi connectivity index (χ2v) is 8.57. The number of rotatable bonds is 7. The van der Waals surface area contributed by atoms with Crippen molar-refractivity contribution in [3.05, 3.63) is 26.9 Å². The molecule has 0 aromatic carbocycles. The Labute approximate surface area is 133 Å². The van der Waals surface area contributed by atoms with Gasteiger partial charge in [-0.25, -0.2) is 13.4 Å². The number of nitrogens with zero attached hydrogens (tertiary/aromatic N) is 1. The van der Waals surface area contributed by atoms with Crippen LogP contribution in [0.25, 0.3) is 0 Å². The van der Waals surface area contributed by atoms with Gasteiger partial charge < -0.3 is 5.32 Å². The van der Waals surface area contributed by atoms with Crippen molar-refractivity contribution in [1.82, 2.24) is 10.3 Å². The smallest absolute Gasteiger partial charge is 0.264 e. The Morgan fingerprint density at radius 1 is 1.33 bits per heavy atom. The summed E-state index contributed by atoms with van der Waals surface area (Å²) in [6.07, 6.45) is 1.06. The van der Waals surface area contributed by atoms with Crippen LogP contribution in [0.2, 0.25) is 0 Å². The number of aromatic nitrogens is 1. The molecule has 0 atom stereocenters. The van der Waals surface area contributed by atoms with Crippen LogP contribution in [0.1, 0.15) is 28.8 Å². The minimum absolute atomic E-state index is 0.298. The van der Waals surface area contributed by atoms with Crippen LogP contribution in [0.15, 0.2) is 16.3 Å². The van der Waals surface area contributed by atoms with E-state index in [2.05, 4.69) is 21.9 Å². The Morgan fingerprint density at radius 2 is 2.10 bits per heavy atom. The van der Waals surface area contributed by atoms with Gasteiger partial charge in [-0.3, -0.25) is 4.72 Å². The molecule has 21 heavy (non-hydrogen) atoms. The van der Waals surface area contributed by atoms with E-state index < -0.39 is 10.0 Å². The monoisotopic (exact) mass is 345 g/mol. The fraction of sp³-hybridized carbons (Fsp3) is 0.462. The molecular weight excluding hydrogens is 326 g/mol. The van der Waals surface area contributed by atoms with Gasteiger partial charge >= 0.3 is 0 Å². The van der Waals surface area contributed by atoms with Crippen LogP contribution in [0, 0.1) is 13.8 Å². The molecule has 2 heterocycles. The van der Waals surface area contributed by atoms with Gasteiger partial charge in [-0.1, -0.05) is 6.92 Å². The maximum Gasteiger partial charge on any atom is 0.264 e. The highest BCUT2D eigenvalue weighted by atomic mass is 32.2. The second kappa shape index (κ2) is 6.87. The third-order valence-electron chi connectivity index (χ3n) is 2.92. The molecule has 0 fully saturated rings. The van der Waals surface area contributed by atoms with Crippen molar-refractivity contribution in [2.45, 2.75) is 38.6 Å². The Balaban J connectivity index is 2.08. The summed E-state index contributed by atoms with van der Waals surface area (Å²) in [5, 5.41) is 5.35. The van der Waals surface area contributed by atoms with E-state index in [0.29, 0.717) is 16.6 Å². The van der Waals surface area contributed by atoms with E-state index in [1.54, 1.807) is 11.4 Å². The SMILES string of the molecule is CCCNCc1cc(S(=O)(=O)Nc2nc(C)c(C)s2)cs1. The molecule has 2 rings (SSSR count). The number of anilines is 1. The number of sulfonamides is 1. The van der Waals surface area contributed by atoms with Crippen LogP contribution in [-0.4, -0.2) is 19.9 Å². The lowest BCUT2D eigenvalue weighted by molar-refractivity contribution is 0.601. The molecule has 0 aliphatic carbocycles. The van der Waals surface area contributed by atoms with Crippen molar-refractivity contribution >= 4 is 37.8 Å². The first kappa shape index (κ1) is 16.4. The van der Waals surface area contributed by atoms with Gasteiger partial charge in [0.15, 0.2) is 5.13 Å². The molecule has 5 nitrogen and oxygen atoms in total. The largest absolute Gasteiger partial charge is 0.312 e. The second-order valence-electron chi connectivity index (χ2n) is 4.69. The molecule has 0 unspecified atom stereocenters. The first-order valence-electron chi connectivity index (χ1n) is 6.67. The summed E-state index contributed by atoms with van der Waals surface area (Å²) in [4.78, 5) is 6.53. The number of hydrogen-bond donors (Lipinski definition) is 2. The number of hydrogen-bond acceptors (Lipinski definition) is 6. The summed E-state index contributed by atoms with van der Waals surface area (Å²) in [5.74, 6) is 0. The minimum Gasteiger partial charge on any atom is -0.312 e. The lowest BCUT2D eigenvalue weighted by Gasteiger charge is -2.02. The zero-order valence-corrected chi connectivity index (χ0v) is 14.7. The lowest BCUT2D eigenvalue weighted by atomic mass is 10.4. The van der Waals surface area contributed by atoms with E-state index in [1.807, 2.05) is 13.8 Å². The van der Waals surface area contributed by atoms with Gasteiger partial charge in [-0.2, -0.15) is 0 Å². The normalized spacial score (nSPS) is 11.8. The van der Waals surface area contributed by atoms with E-state index in [4.69, 9.17) is 0 Å². The van der Waals surface area contributed by atoms with Crippen LogP contribution in [0.5, 0.6) is 0 Å².